The van der Waals surface area contributed by atoms with Gasteiger partial charge in [-0.3, -0.25) is 4.72 Å². The van der Waals surface area contributed by atoms with E-state index >= 15 is 0 Å². The fraction of sp³-hybridized carbons (Fsp3) is 0.588. The lowest BCUT2D eigenvalue weighted by molar-refractivity contribution is 0.392. The van der Waals surface area contributed by atoms with Gasteiger partial charge < -0.3 is 10.6 Å². The molecule has 0 saturated heterocycles. The normalized spacial score (nSPS) is 25.5. The molecule has 0 amide bonds. The summed E-state index contributed by atoms with van der Waals surface area (Å²) in [6.45, 7) is 3.50. The Bertz CT molecular complexity index is 733. The number of anilines is 2. The number of fused-ring (bicyclic) bond motifs is 2. The van der Waals surface area contributed by atoms with Gasteiger partial charge in [-0.1, -0.05) is 6.42 Å². The predicted octanol–water partition coefficient (Wildman–Crippen LogP) is 3.23. The second-order valence-corrected chi connectivity index (χ2v) is 9.33. The van der Waals surface area contributed by atoms with Crippen LogP contribution in [0.2, 0.25) is 0 Å². The number of hydrogen-bond donors (Lipinski definition) is 3. The highest BCUT2D eigenvalue weighted by Crippen LogP contribution is 2.44. The lowest BCUT2D eigenvalue weighted by Crippen LogP contribution is -2.40. The van der Waals surface area contributed by atoms with E-state index in [-0.39, 0.29) is 5.75 Å². The molecule has 7 heteroatoms. The van der Waals surface area contributed by atoms with Crippen LogP contribution in [0.1, 0.15) is 38.2 Å². The van der Waals surface area contributed by atoms with E-state index in [9.17, 15) is 8.42 Å². The molecule has 3 unspecified atom stereocenters. The maximum Gasteiger partial charge on any atom is 0.232 e. The van der Waals surface area contributed by atoms with Crippen LogP contribution in [-0.4, -0.2) is 25.3 Å². The van der Waals surface area contributed by atoms with Crippen molar-refractivity contribution in [2.45, 2.75) is 45.6 Å². The van der Waals surface area contributed by atoms with E-state index in [1.54, 1.807) is 13.0 Å². The average Bonchev–Trinajstić information content (AvgIpc) is 3.12. The Labute approximate surface area is 149 Å². The van der Waals surface area contributed by atoms with Gasteiger partial charge in [-0.05, 0) is 80.9 Å². The fourth-order valence-corrected chi connectivity index (χ4v) is 4.83. The zero-order chi connectivity index (χ0) is 17.3. The van der Waals surface area contributed by atoms with E-state index in [1.165, 1.54) is 25.7 Å². The standard InChI is InChI=1S/C17H25N3O2S2/c1-3-24(21,22)20-15-7-6-14(8-11(15)2)18-17(23)19-16-10-12-4-5-13(16)9-12/h6-8,12-13,16,20H,3-5,9-10H2,1-2H3,(H2,18,19,23). The quantitative estimate of drug-likeness (QED) is 0.697. The van der Waals surface area contributed by atoms with Gasteiger partial charge in [0, 0.05) is 11.7 Å². The highest BCUT2D eigenvalue weighted by molar-refractivity contribution is 7.92. The molecule has 2 bridgehead atoms. The highest BCUT2D eigenvalue weighted by Gasteiger charge is 2.39. The monoisotopic (exact) mass is 367 g/mol. The first kappa shape index (κ1) is 17.5. The van der Waals surface area contributed by atoms with E-state index in [2.05, 4.69) is 15.4 Å². The van der Waals surface area contributed by atoms with E-state index in [1.807, 2.05) is 19.1 Å². The van der Waals surface area contributed by atoms with Crippen molar-refractivity contribution in [1.29, 1.82) is 0 Å². The number of thiocarbonyl (C=S) groups is 1. The van der Waals surface area contributed by atoms with Gasteiger partial charge in [0.2, 0.25) is 10.0 Å². The Morgan fingerprint density at radius 1 is 1.29 bits per heavy atom. The first-order valence-corrected chi connectivity index (χ1v) is 10.6. The van der Waals surface area contributed by atoms with E-state index in [0.29, 0.717) is 16.8 Å². The summed E-state index contributed by atoms with van der Waals surface area (Å²) in [5.74, 6) is 1.70. The van der Waals surface area contributed by atoms with Crippen LogP contribution in [0, 0.1) is 18.8 Å². The van der Waals surface area contributed by atoms with E-state index in [4.69, 9.17) is 12.2 Å². The Morgan fingerprint density at radius 3 is 2.67 bits per heavy atom. The lowest BCUT2D eigenvalue weighted by Gasteiger charge is -2.24. The van der Waals surface area contributed by atoms with Gasteiger partial charge in [0.25, 0.3) is 0 Å². The number of sulfonamides is 1. The third-order valence-electron chi connectivity index (χ3n) is 5.18. The second-order valence-electron chi connectivity index (χ2n) is 6.92. The largest absolute Gasteiger partial charge is 0.359 e. The molecule has 0 radical (unpaired) electrons. The molecule has 0 spiro atoms. The van der Waals surface area contributed by atoms with Crippen LogP contribution in [-0.2, 0) is 10.0 Å². The summed E-state index contributed by atoms with van der Waals surface area (Å²) in [7, 11) is -3.26. The highest BCUT2D eigenvalue weighted by atomic mass is 32.2. The molecule has 132 valence electrons. The van der Waals surface area contributed by atoms with E-state index < -0.39 is 10.0 Å². The number of aryl methyl sites for hydroxylation is 1. The van der Waals surface area contributed by atoms with Crippen molar-refractivity contribution in [2.24, 2.45) is 11.8 Å². The Hall–Kier alpha value is -1.34. The minimum atomic E-state index is -3.26. The summed E-state index contributed by atoms with van der Waals surface area (Å²) in [5, 5.41) is 7.31. The molecule has 3 rings (SSSR count). The summed E-state index contributed by atoms with van der Waals surface area (Å²) in [6, 6.07) is 6.02. The molecule has 2 aliphatic carbocycles. The molecule has 1 aromatic carbocycles. The molecule has 1 aromatic rings. The molecule has 0 heterocycles. The fourth-order valence-electron chi connectivity index (χ4n) is 3.85. The minimum Gasteiger partial charge on any atom is -0.359 e. The van der Waals surface area contributed by atoms with Gasteiger partial charge in [0.15, 0.2) is 5.11 Å². The molecule has 3 N–H and O–H groups in total. The van der Waals surface area contributed by atoms with Crippen molar-refractivity contribution >= 4 is 38.7 Å². The van der Waals surface area contributed by atoms with Crippen molar-refractivity contribution in [3.8, 4) is 0 Å². The molecule has 5 nitrogen and oxygen atoms in total. The molecule has 0 aromatic heterocycles. The van der Waals surface area contributed by atoms with Gasteiger partial charge in [0.1, 0.15) is 0 Å². The number of nitrogens with one attached hydrogen (secondary N) is 3. The Kier molecular flexibility index (Phi) is 5.01. The first-order valence-electron chi connectivity index (χ1n) is 8.55. The Morgan fingerprint density at radius 2 is 2.08 bits per heavy atom. The molecule has 0 aliphatic heterocycles. The predicted molar refractivity (Wildman–Crippen MR) is 103 cm³/mol. The summed E-state index contributed by atoms with van der Waals surface area (Å²) in [5.41, 5.74) is 2.33. The molecule has 2 fully saturated rings. The number of rotatable bonds is 5. The molecule has 2 saturated carbocycles. The third-order valence-corrected chi connectivity index (χ3v) is 6.70. The molecule has 2 aliphatic rings. The SMILES string of the molecule is CCS(=O)(=O)Nc1ccc(NC(=S)NC2CC3CCC2C3)cc1C. The maximum absolute atomic E-state index is 11.7. The maximum atomic E-state index is 11.7. The average molecular weight is 368 g/mol. The zero-order valence-electron chi connectivity index (χ0n) is 14.1. The molecule has 24 heavy (non-hydrogen) atoms. The summed E-state index contributed by atoms with van der Waals surface area (Å²) >= 11 is 5.44. The van der Waals surface area contributed by atoms with Gasteiger partial charge in [0.05, 0.1) is 11.4 Å². The second kappa shape index (κ2) is 6.88. The van der Waals surface area contributed by atoms with Crippen LogP contribution in [0.3, 0.4) is 0 Å². The summed E-state index contributed by atoms with van der Waals surface area (Å²) < 4.78 is 26.0. The van der Waals surface area contributed by atoms with Gasteiger partial charge in [-0.25, -0.2) is 8.42 Å². The number of hydrogen-bond acceptors (Lipinski definition) is 3. The van der Waals surface area contributed by atoms with Crippen LogP contribution >= 0.6 is 12.2 Å². The smallest absolute Gasteiger partial charge is 0.232 e. The van der Waals surface area contributed by atoms with E-state index in [0.717, 1.165) is 23.1 Å². The van der Waals surface area contributed by atoms with Gasteiger partial charge in [-0.2, -0.15) is 0 Å². The van der Waals surface area contributed by atoms with Crippen molar-refractivity contribution in [2.75, 3.05) is 15.8 Å². The summed E-state index contributed by atoms with van der Waals surface area (Å²) in [4.78, 5) is 0. The lowest BCUT2D eigenvalue weighted by atomic mass is 9.96. The van der Waals surface area contributed by atoms with Gasteiger partial charge in [-0.15, -0.1) is 0 Å². The number of benzene rings is 1. The zero-order valence-corrected chi connectivity index (χ0v) is 15.8. The van der Waals surface area contributed by atoms with Crippen molar-refractivity contribution in [3.63, 3.8) is 0 Å². The topological polar surface area (TPSA) is 70.2 Å². The van der Waals surface area contributed by atoms with Crippen LogP contribution < -0.4 is 15.4 Å². The minimum absolute atomic E-state index is 0.0595. The van der Waals surface area contributed by atoms with Crippen molar-refractivity contribution in [1.82, 2.24) is 5.32 Å². The summed E-state index contributed by atoms with van der Waals surface area (Å²) in [6.07, 6.45) is 5.25. The molecular weight excluding hydrogens is 342 g/mol. The van der Waals surface area contributed by atoms with Crippen molar-refractivity contribution in [3.05, 3.63) is 23.8 Å². The van der Waals surface area contributed by atoms with Crippen LogP contribution in [0.25, 0.3) is 0 Å². The Balaban J connectivity index is 1.59. The van der Waals surface area contributed by atoms with Crippen LogP contribution in [0.5, 0.6) is 0 Å². The van der Waals surface area contributed by atoms with Gasteiger partial charge >= 0.3 is 0 Å². The first-order chi connectivity index (χ1) is 11.4. The third kappa shape index (κ3) is 4.00. The van der Waals surface area contributed by atoms with Crippen LogP contribution in [0.15, 0.2) is 18.2 Å². The molecule has 3 atom stereocenters. The molecular formula is C17H25N3O2S2. The van der Waals surface area contributed by atoms with Crippen molar-refractivity contribution < 1.29 is 8.42 Å². The van der Waals surface area contributed by atoms with Crippen LogP contribution in [0.4, 0.5) is 11.4 Å².